The van der Waals surface area contributed by atoms with Crippen LogP contribution >= 0.6 is 27.3 Å². The fraction of sp³-hybridized carbons (Fsp3) is 0.720. The third kappa shape index (κ3) is 8.59. The second kappa shape index (κ2) is 13.9. The van der Waals surface area contributed by atoms with Gasteiger partial charge >= 0.3 is 73.0 Å². The molecule has 29 heavy (non-hydrogen) atoms. The van der Waals surface area contributed by atoms with Crippen LogP contribution in [-0.2, 0) is 13.3 Å². The van der Waals surface area contributed by atoms with Crippen molar-refractivity contribution in [2.24, 2.45) is 0 Å². The normalized spacial score (nSPS) is 22.2. The molecule has 0 aliphatic heterocycles. The summed E-state index contributed by atoms with van der Waals surface area (Å²) in [7, 11) is 11.6. The molecule has 3 aliphatic rings. The molecule has 0 nitrogen and oxygen atoms in total. The van der Waals surface area contributed by atoms with Crippen LogP contribution in [0.25, 0.3) is 0 Å². The molecule has 0 spiro atoms. The first-order valence-electron chi connectivity index (χ1n) is 11.8. The number of rotatable bonds is 3. The predicted molar refractivity (Wildman–Crippen MR) is 129 cm³/mol. The summed E-state index contributed by atoms with van der Waals surface area (Å²) in [5.41, 5.74) is 4.56. The molecule has 3 fully saturated rings. The van der Waals surface area contributed by atoms with Gasteiger partial charge in [-0.15, -0.1) is 0 Å². The summed E-state index contributed by atoms with van der Waals surface area (Å²) in [6.07, 6.45) is 23.6. The van der Waals surface area contributed by atoms with Gasteiger partial charge in [0.15, 0.2) is 0 Å². The molecule has 0 radical (unpaired) electrons. The SMILES string of the molecule is C1CCC(P(C2CCCCC2)C2CCCCC2)CC1.[Cl][Ru]([Cl])#[C]c1ccccc1. The average Bonchev–Trinajstić information content (AvgIpc) is 2.77. The van der Waals surface area contributed by atoms with Crippen molar-refractivity contribution >= 4 is 27.3 Å². The molecule has 0 saturated heterocycles. The minimum absolute atomic E-state index is 0.385. The summed E-state index contributed by atoms with van der Waals surface area (Å²) >= 11 is -1.74. The molecule has 0 heterocycles. The molecule has 0 aromatic heterocycles. The summed E-state index contributed by atoms with van der Waals surface area (Å²) in [6, 6.07) is 9.70. The molecule has 1 aromatic carbocycles. The van der Waals surface area contributed by atoms with Gasteiger partial charge in [-0.25, -0.2) is 0 Å². The zero-order chi connectivity index (χ0) is 20.3. The fourth-order valence-corrected chi connectivity index (χ4v) is 11.9. The van der Waals surface area contributed by atoms with Crippen LogP contribution in [0.15, 0.2) is 30.3 Å². The van der Waals surface area contributed by atoms with E-state index in [1.54, 1.807) is 77.0 Å². The van der Waals surface area contributed by atoms with Gasteiger partial charge in [0, 0.05) is 0 Å². The van der Waals surface area contributed by atoms with Gasteiger partial charge in [0.05, 0.1) is 0 Å². The van der Waals surface area contributed by atoms with Crippen LogP contribution in [0.5, 0.6) is 0 Å². The number of hydrogen-bond donors (Lipinski definition) is 0. The molecular formula is C25H38Cl2PRu. The second-order valence-corrected chi connectivity index (χ2v) is 17.4. The van der Waals surface area contributed by atoms with E-state index in [2.05, 4.69) is 4.41 Å². The van der Waals surface area contributed by atoms with Crippen LogP contribution in [0.4, 0.5) is 0 Å². The summed E-state index contributed by atoms with van der Waals surface area (Å²) in [5.74, 6) is 0. The van der Waals surface area contributed by atoms with Crippen molar-refractivity contribution in [3.05, 3.63) is 35.9 Å². The van der Waals surface area contributed by atoms with Crippen LogP contribution < -0.4 is 0 Å². The zero-order valence-corrected chi connectivity index (χ0v) is 21.9. The van der Waals surface area contributed by atoms with E-state index in [-0.39, 0.29) is 0 Å². The Kier molecular flexibility index (Phi) is 11.7. The molecule has 0 atom stereocenters. The number of halogens is 2. The van der Waals surface area contributed by atoms with Gasteiger partial charge in [-0.2, -0.15) is 0 Å². The summed E-state index contributed by atoms with van der Waals surface area (Å²) in [4.78, 5) is 0. The molecule has 0 N–H and O–H groups in total. The second-order valence-electron chi connectivity index (χ2n) is 8.96. The van der Waals surface area contributed by atoms with Crippen LogP contribution in [0.2, 0.25) is 0 Å². The van der Waals surface area contributed by atoms with Crippen molar-refractivity contribution in [3.8, 4) is 4.41 Å². The Labute approximate surface area is 193 Å². The quantitative estimate of drug-likeness (QED) is 0.264. The van der Waals surface area contributed by atoms with Crippen LogP contribution in [-0.4, -0.2) is 17.0 Å². The Morgan fingerprint density at radius 2 is 1.00 bits per heavy atom. The van der Waals surface area contributed by atoms with Crippen LogP contribution in [0.3, 0.4) is 0 Å². The van der Waals surface area contributed by atoms with Crippen molar-refractivity contribution in [1.82, 2.24) is 0 Å². The van der Waals surface area contributed by atoms with Gasteiger partial charge < -0.3 is 0 Å². The van der Waals surface area contributed by atoms with E-state index in [9.17, 15) is 0 Å². The third-order valence-electron chi connectivity index (χ3n) is 6.93. The maximum absolute atomic E-state index is 5.61. The topological polar surface area (TPSA) is 0 Å². The molecular weight excluding hydrogens is 503 g/mol. The summed E-state index contributed by atoms with van der Waals surface area (Å²) in [6.45, 7) is 0. The number of benzene rings is 1. The molecule has 0 unspecified atom stereocenters. The van der Waals surface area contributed by atoms with E-state index >= 15 is 0 Å². The van der Waals surface area contributed by atoms with E-state index in [0.717, 1.165) is 5.56 Å². The monoisotopic (exact) mass is 541 g/mol. The van der Waals surface area contributed by atoms with Crippen molar-refractivity contribution in [3.63, 3.8) is 0 Å². The minimum atomic E-state index is -1.74. The van der Waals surface area contributed by atoms with Gasteiger partial charge in [-0.1, -0.05) is 65.7 Å². The molecule has 0 bridgehead atoms. The predicted octanol–water partition coefficient (Wildman–Crippen LogP) is 9.39. The zero-order valence-electron chi connectivity index (χ0n) is 17.8. The van der Waals surface area contributed by atoms with Crippen molar-refractivity contribution in [2.45, 2.75) is 113 Å². The molecule has 4 rings (SSSR count). The van der Waals surface area contributed by atoms with E-state index < -0.39 is 13.3 Å². The van der Waals surface area contributed by atoms with E-state index in [1.165, 1.54) is 36.2 Å². The summed E-state index contributed by atoms with van der Waals surface area (Å²) < 4.78 is 2.98. The molecule has 4 heteroatoms. The van der Waals surface area contributed by atoms with E-state index in [1.807, 2.05) is 30.3 Å². The Hall–Kier alpha value is 0.633. The number of hydrogen-bond acceptors (Lipinski definition) is 0. The van der Waals surface area contributed by atoms with Crippen LogP contribution in [0.1, 0.15) is 102 Å². The first kappa shape index (κ1) is 24.3. The standard InChI is InChI=1S/C18H33P.C7H5.2ClH.Ru/c1-4-10-16(11-5-1)19(17-12-6-2-7-13-17)18-14-8-3-9-15-18;1-7-5-3-2-4-6-7;;;/h16-18H,1-15H2;2-6H;2*1H;/q;;;;+2/p-2. The van der Waals surface area contributed by atoms with Crippen molar-refractivity contribution < 1.29 is 13.3 Å². The van der Waals surface area contributed by atoms with Gasteiger partial charge in [0.1, 0.15) is 0 Å². The fourth-order valence-electron chi connectivity index (χ4n) is 5.61. The van der Waals surface area contributed by atoms with Gasteiger partial charge in [0.2, 0.25) is 0 Å². The molecule has 0 amide bonds. The molecule has 3 aliphatic carbocycles. The molecule has 3 saturated carbocycles. The maximum atomic E-state index is 5.61. The van der Waals surface area contributed by atoms with Crippen molar-refractivity contribution in [2.75, 3.05) is 0 Å². The van der Waals surface area contributed by atoms with Gasteiger partial charge in [-0.05, 0) is 55.5 Å². The van der Waals surface area contributed by atoms with E-state index in [0.29, 0.717) is 7.92 Å². The van der Waals surface area contributed by atoms with Crippen molar-refractivity contribution in [1.29, 1.82) is 0 Å². The molecule has 1 aromatic rings. The first-order valence-corrected chi connectivity index (χ1v) is 18.7. The third-order valence-corrected chi connectivity index (χ3v) is 12.6. The molecule has 165 valence electrons. The van der Waals surface area contributed by atoms with Gasteiger partial charge in [-0.3, -0.25) is 0 Å². The Morgan fingerprint density at radius 1 is 0.621 bits per heavy atom. The Balaban J connectivity index is 0.000000204. The van der Waals surface area contributed by atoms with E-state index in [4.69, 9.17) is 19.4 Å². The first-order chi connectivity index (χ1) is 14.2. The van der Waals surface area contributed by atoms with Crippen LogP contribution in [0, 0.1) is 4.41 Å². The Morgan fingerprint density at radius 3 is 1.34 bits per heavy atom. The Bertz CT molecular complexity index is 599. The average molecular weight is 542 g/mol. The summed E-state index contributed by atoms with van der Waals surface area (Å²) in [5, 5.41) is 0. The van der Waals surface area contributed by atoms with Gasteiger partial charge in [0.25, 0.3) is 0 Å².